The van der Waals surface area contributed by atoms with Crippen LogP contribution in [0.3, 0.4) is 0 Å². The van der Waals surface area contributed by atoms with E-state index in [1.807, 2.05) is 24.5 Å². The fraction of sp³-hybridized carbons (Fsp3) is 0.278. The summed E-state index contributed by atoms with van der Waals surface area (Å²) in [7, 11) is 0. The number of aromatic nitrogens is 2. The van der Waals surface area contributed by atoms with Gasteiger partial charge in [0.05, 0.1) is 12.1 Å². The van der Waals surface area contributed by atoms with Crippen LogP contribution in [0.25, 0.3) is 10.9 Å². The van der Waals surface area contributed by atoms with Crippen LogP contribution in [0.2, 0.25) is 0 Å². The van der Waals surface area contributed by atoms with Gasteiger partial charge in [-0.25, -0.2) is 0 Å². The molecule has 0 spiro atoms. The zero-order valence-electron chi connectivity index (χ0n) is 12.3. The van der Waals surface area contributed by atoms with Crippen molar-refractivity contribution in [2.24, 2.45) is 0 Å². The molecule has 0 unspecified atom stereocenters. The van der Waals surface area contributed by atoms with Crippen molar-refractivity contribution < 1.29 is 4.74 Å². The Bertz CT molecular complexity index is 704. The molecule has 2 heterocycles. The average molecular weight is 280 g/mol. The second-order valence-corrected chi connectivity index (χ2v) is 5.16. The van der Waals surface area contributed by atoms with E-state index in [4.69, 9.17) is 4.74 Å². The largest absolute Gasteiger partial charge is 0.493 e. The Morgan fingerprint density at radius 2 is 2.10 bits per heavy atom. The summed E-state index contributed by atoms with van der Waals surface area (Å²) in [5, 5.41) is 1.19. The lowest BCUT2D eigenvalue weighted by Crippen LogP contribution is -2.00. The van der Waals surface area contributed by atoms with Gasteiger partial charge in [0.1, 0.15) is 5.75 Å². The van der Waals surface area contributed by atoms with E-state index in [1.54, 1.807) is 0 Å². The van der Waals surface area contributed by atoms with Crippen LogP contribution in [-0.4, -0.2) is 16.2 Å². The molecule has 0 saturated carbocycles. The summed E-state index contributed by atoms with van der Waals surface area (Å²) < 4.78 is 8.10. The van der Waals surface area contributed by atoms with Gasteiger partial charge >= 0.3 is 0 Å². The van der Waals surface area contributed by atoms with E-state index in [0.717, 1.165) is 31.7 Å². The Hall–Kier alpha value is -2.29. The minimum atomic E-state index is 0.764. The van der Waals surface area contributed by atoms with Crippen molar-refractivity contribution in [3.63, 3.8) is 0 Å². The van der Waals surface area contributed by atoms with Crippen molar-refractivity contribution >= 4 is 10.9 Å². The summed E-state index contributed by atoms with van der Waals surface area (Å²) in [4.78, 5) is 4.17. The summed E-state index contributed by atoms with van der Waals surface area (Å²) in [5.74, 6) is 0.981. The van der Waals surface area contributed by atoms with E-state index in [1.165, 1.54) is 16.5 Å². The predicted octanol–water partition coefficient (Wildman–Crippen LogP) is 4.07. The van der Waals surface area contributed by atoms with Gasteiger partial charge in [0, 0.05) is 30.5 Å². The summed E-state index contributed by atoms with van der Waals surface area (Å²) in [6.45, 7) is 3.84. The quantitative estimate of drug-likeness (QED) is 0.680. The highest BCUT2D eigenvalue weighted by Gasteiger charge is 2.06. The van der Waals surface area contributed by atoms with Crippen molar-refractivity contribution in [2.75, 3.05) is 6.61 Å². The van der Waals surface area contributed by atoms with Crippen LogP contribution in [0.1, 0.15) is 18.9 Å². The number of nitrogens with zero attached hydrogens (tertiary/aromatic N) is 2. The molecule has 3 aromatic rings. The second-order valence-electron chi connectivity index (χ2n) is 5.16. The smallest absolute Gasteiger partial charge is 0.128 e. The Morgan fingerprint density at radius 3 is 2.90 bits per heavy atom. The summed E-state index contributed by atoms with van der Waals surface area (Å²) in [6, 6.07) is 12.5. The lowest BCUT2D eigenvalue weighted by Gasteiger charge is -2.08. The molecule has 3 nitrogen and oxygen atoms in total. The highest BCUT2D eigenvalue weighted by molar-refractivity contribution is 5.86. The Labute approximate surface area is 125 Å². The topological polar surface area (TPSA) is 27.1 Å². The number of hydrogen-bond donors (Lipinski definition) is 0. The molecule has 108 valence electrons. The first-order valence-corrected chi connectivity index (χ1v) is 7.48. The molecule has 3 rings (SSSR count). The van der Waals surface area contributed by atoms with Crippen molar-refractivity contribution in [3.05, 3.63) is 60.6 Å². The maximum Gasteiger partial charge on any atom is 0.128 e. The first kappa shape index (κ1) is 13.7. The molecule has 0 bridgehead atoms. The van der Waals surface area contributed by atoms with Crippen LogP contribution < -0.4 is 4.74 Å². The van der Waals surface area contributed by atoms with E-state index in [9.17, 15) is 0 Å². The molecule has 0 amide bonds. The number of rotatable bonds is 6. The van der Waals surface area contributed by atoms with E-state index < -0.39 is 0 Å². The van der Waals surface area contributed by atoms with Crippen molar-refractivity contribution in [3.8, 4) is 5.75 Å². The first-order valence-electron chi connectivity index (χ1n) is 7.48. The SMILES string of the molecule is CCCOc1cccc2c1ccn2CCc1cccnc1. The van der Waals surface area contributed by atoms with Gasteiger partial charge in [-0.05, 0) is 42.7 Å². The highest BCUT2D eigenvalue weighted by atomic mass is 16.5. The van der Waals surface area contributed by atoms with Gasteiger partial charge in [0.2, 0.25) is 0 Å². The highest BCUT2D eigenvalue weighted by Crippen LogP contribution is 2.27. The minimum Gasteiger partial charge on any atom is -0.493 e. The third-order valence-electron chi connectivity index (χ3n) is 3.60. The van der Waals surface area contributed by atoms with Gasteiger partial charge in [-0.1, -0.05) is 19.1 Å². The van der Waals surface area contributed by atoms with Gasteiger partial charge in [-0.15, -0.1) is 0 Å². The zero-order valence-corrected chi connectivity index (χ0v) is 12.3. The molecule has 1 aromatic carbocycles. The molecule has 0 aliphatic heterocycles. The van der Waals surface area contributed by atoms with E-state index >= 15 is 0 Å². The normalized spacial score (nSPS) is 10.9. The maximum absolute atomic E-state index is 5.82. The van der Waals surface area contributed by atoms with E-state index in [0.29, 0.717) is 0 Å². The Morgan fingerprint density at radius 1 is 1.14 bits per heavy atom. The van der Waals surface area contributed by atoms with Crippen LogP contribution in [0.5, 0.6) is 5.75 Å². The molecule has 0 fully saturated rings. The number of benzene rings is 1. The minimum absolute atomic E-state index is 0.764. The van der Waals surface area contributed by atoms with Crippen molar-refractivity contribution in [2.45, 2.75) is 26.3 Å². The monoisotopic (exact) mass is 280 g/mol. The number of hydrogen-bond acceptors (Lipinski definition) is 2. The lowest BCUT2D eigenvalue weighted by molar-refractivity contribution is 0.321. The van der Waals surface area contributed by atoms with E-state index in [2.05, 4.69) is 46.9 Å². The van der Waals surface area contributed by atoms with Crippen molar-refractivity contribution in [1.29, 1.82) is 0 Å². The van der Waals surface area contributed by atoms with Gasteiger partial charge in [0.15, 0.2) is 0 Å². The van der Waals surface area contributed by atoms with Crippen LogP contribution in [0, 0.1) is 0 Å². The van der Waals surface area contributed by atoms with Gasteiger partial charge in [0.25, 0.3) is 0 Å². The summed E-state index contributed by atoms with van der Waals surface area (Å²) >= 11 is 0. The molecule has 0 radical (unpaired) electrons. The predicted molar refractivity (Wildman–Crippen MR) is 85.7 cm³/mol. The first-order chi connectivity index (χ1) is 10.4. The maximum atomic E-state index is 5.82. The Kier molecular flexibility index (Phi) is 4.20. The van der Waals surface area contributed by atoms with Crippen LogP contribution in [-0.2, 0) is 13.0 Å². The molecule has 0 aliphatic rings. The second kappa shape index (κ2) is 6.44. The third-order valence-corrected chi connectivity index (χ3v) is 3.60. The average Bonchev–Trinajstić information content (AvgIpc) is 2.96. The third kappa shape index (κ3) is 3.07. The van der Waals surface area contributed by atoms with Gasteiger partial charge < -0.3 is 9.30 Å². The summed E-state index contributed by atoms with van der Waals surface area (Å²) in [5.41, 5.74) is 2.49. The molecule has 0 aliphatic carbocycles. The molecular formula is C18H20N2O. The number of pyridine rings is 1. The van der Waals surface area contributed by atoms with Gasteiger partial charge in [-0.2, -0.15) is 0 Å². The molecular weight excluding hydrogens is 260 g/mol. The van der Waals surface area contributed by atoms with Crippen LogP contribution in [0.4, 0.5) is 0 Å². The van der Waals surface area contributed by atoms with Crippen molar-refractivity contribution in [1.82, 2.24) is 9.55 Å². The standard InChI is InChI=1S/C18H20N2O/c1-2-13-21-18-7-3-6-17-16(18)9-12-20(17)11-8-15-5-4-10-19-14-15/h3-7,9-10,12,14H,2,8,11,13H2,1H3. The molecule has 2 aromatic heterocycles. The molecule has 21 heavy (non-hydrogen) atoms. The van der Waals surface area contributed by atoms with Gasteiger partial charge in [-0.3, -0.25) is 4.98 Å². The van der Waals surface area contributed by atoms with Crippen LogP contribution in [0.15, 0.2) is 55.0 Å². The Balaban J connectivity index is 1.80. The number of ether oxygens (including phenoxy) is 1. The molecule has 0 atom stereocenters. The number of fused-ring (bicyclic) bond motifs is 1. The summed E-state index contributed by atoms with van der Waals surface area (Å²) in [6.07, 6.45) is 7.89. The molecule has 0 saturated heterocycles. The fourth-order valence-corrected chi connectivity index (χ4v) is 2.52. The fourth-order valence-electron chi connectivity index (χ4n) is 2.52. The lowest BCUT2D eigenvalue weighted by atomic mass is 10.2. The molecule has 3 heteroatoms. The zero-order chi connectivity index (χ0) is 14.5. The molecule has 0 N–H and O–H groups in total. The number of aryl methyl sites for hydroxylation is 2. The van der Waals surface area contributed by atoms with Crippen LogP contribution >= 0.6 is 0 Å². The van der Waals surface area contributed by atoms with E-state index in [-0.39, 0.29) is 0 Å².